The summed E-state index contributed by atoms with van der Waals surface area (Å²) >= 11 is 6.06. The summed E-state index contributed by atoms with van der Waals surface area (Å²) in [6.07, 6.45) is 0. The lowest BCUT2D eigenvalue weighted by Crippen LogP contribution is -2.15. The lowest BCUT2D eigenvalue weighted by molar-refractivity contribution is -0.114. The number of methoxy groups -OCH3 is 1. The molecule has 0 unspecified atom stereocenters. The van der Waals surface area contributed by atoms with Crippen molar-refractivity contribution in [1.82, 2.24) is 0 Å². The Balaban J connectivity index is 1.86. The maximum atomic E-state index is 14.2. The molecule has 0 saturated heterocycles. The van der Waals surface area contributed by atoms with Gasteiger partial charge in [0, 0.05) is 17.6 Å². The first-order chi connectivity index (χ1) is 14.4. The molecule has 3 aromatic rings. The molecule has 0 radical (unpaired) electrons. The number of amides is 2. The molecule has 0 bridgehead atoms. The fourth-order valence-corrected chi connectivity index (χ4v) is 2.80. The van der Waals surface area contributed by atoms with E-state index in [1.807, 2.05) is 0 Å². The maximum absolute atomic E-state index is 14.2. The molecule has 0 fully saturated rings. The summed E-state index contributed by atoms with van der Waals surface area (Å²) in [6, 6.07) is 15.3. The molecular formula is C22H18ClFN2O4. The minimum atomic E-state index is -0.735. The van der Waals surface area contributed by atoms with E-state index in [1.54, 1.807) is 43.5 Å². The molecule has 0 saturated carbocycles. The highest BCUT2D eigenvalue weighted by Crippen LogP contribution is 2.33. The van der Waals surface area contributed by atoms with Gasteiger partial charge in [-0.25, -0.2) is 4.39 Å². The molecule has 0 aliphatic heterocycles. The van der Waals surface area contributed by atoms with Crippen LogP contribution in [-0.2, 0) is 4.79 Å². The Bertz CT molecular complexity index is 1090. The quantitative estimate of drug-likeness (QED) is 0.544. The van der Waals surface area contributed by atoms with Gasteiger partial charge >= 0.3 is 0 Å². The number of anilines is 2. The molecule has 2 N–H and O–H groups in total. The van der Waals surface area contributed by atoms with E-state index in [4.69, 9.17) is 21.1 Å². The van der Waals surface area contributed by atoms with Gasteiger partial charge in [0.2, 0.25) is 5.91 Å². The topological polar surface area (TPSA) is 76.7 Å². The SMILES string of the molecule is COc1ccc(Oc2ccc(Cl)cc2NC(=O)c2cc(NC(C)=O)ccc2F)cc1. The first-order valence-corrected chi connectivity index (χ1v) is 9.23. The van der Waals surface area contributed by atoms with Crippen LogP contribution in [0.4, 0.5) is 15.8 Å². The van der Waals surface area contributed by atoms with Crippen molar-refractivity contribution >= 4 is 34.8 Å². The van der Waals surface area contributed by atoms with Crippen molar-refractivity contribution in [2.24, 2.45) is 0 Å². The third kappa shape index (κ3) is 5.27. The third-order valence-corrected chi connectivity index (χ3v) is 4.24. The average Bonchev–Trinajstić information content (AvgIpc) is 2.71. The summed E-state index contributed by atoms with van der Waals surface area (Å²) in [6.45, 7) is 1.32. The Morgan fingerprint density at radius 3 is 2.30 bits per heavy atom. The molecule has 2 amide bonds. The predicted octanol–water partition coefficient (Wildman–Crippen LogP) is 5.49. The van der Waals surface area contributed by atoms with Crippen LogP contribution in [-0.4, -0.2) is 18.9 Å². The molecule has 0 spiro atoms. The van der Waals surface area contributed by atoms with E-state index in [9.17, 15) is 14.0 Å². The molecule has 8 heteroatoms. The zero-order valence-electron chi connectivity index (χ0n) is 16.2. The van der Waals surface area contributed by atoms with Crippen LogP contribution < -0.4 is 20.1 Å². The minimum Gasteiger partial charge on any atom is -0.497 e. The summed E-state index contributed by atoms with van der Waals surface area (Å²) in [5.41, 5.74) is 0.319. The Hall–Kier alpha value is -3.58. The summed E-state index contributed by atoms with van der Waals surface area (Å²) in [4.78, 5) is 23.9. The second-order valence-electron chi connectivity index (χ2n) is 6.25. The number of carbonyl (C=O) groups excluding carboxylic acids is 2. The molecular weight excluding hydrogens is 411 g/mol. The van der Waals surface area contributed by atoms with Crippen molar-refractivity contribution in [3.05, 3.63) is 77.1 Å². The van der Waals surface area contributed by atoms with Crippen molar-refractivity contribution in [2.45, 2.75) is 6.92 Å². The first kappa shape index (κ1) is 21.1. The normalized spacial score (nSPS) is 10.3. The van der Waals surface area contributed by atoms with Gasteiger partial charge in [-0.1, -0.05) is 11.6 Å². The molecule has 0 aliphatic carbocycles. The predicted molar refractivity (Wildman–Crippen MR) is 113 cm³/mol. The van der Waals surface area contributed by atoms with Gasteiger partial charge in [-0.3, -0.25) is 9.59 Å². The summed E-state index contributed by atoms with van der Waals surface area (Å²) in [5, 5.41) is 5.48. The van der Waals surface area contributed by atoms with Crippen molar-refractivity contribution in [1.29, 1.82) is 0 Å². The number of hydrogen-bond acceptors (Lipinski definition) is 4. The number of nitrogens with one attached hydrogen (secondary N) is 2. The number of ether oxygens (including phenoxy) is 2. The van der Waals surface area contributed by atoms with E-state index in [0.29, 0.717) is 28.0 Å². The molecule has 3 rings (SSSR count). The van der Waals surface area contributed by atoms with Gasteiger partial charge in [0.15, 0.2) is 5.75 Å². The molecule has 0 aromatic heterocycles. The lowest BCUT2D eigenvalue weighted by Gasteiger charge is -2.14. The van der Waals surface area contributed by atoms with Crippen molar-refractivity contribution in [2.75, 3.05) is 17.7 Å². The van der Waals surface area contributed by atoms with Crippen LogP contribution >= 0.6 is 11.6 Å². The van der Waals surface area contributed by atoms with Gasteiger partial charge in [-0.2, -0.15) is 0 Å². The van der Waals surface area contributed by atoms with E-state index in [0.717, 1.165) is 6.07 Å². The second-order valence-corrected chi connectivity index (χ2v) is 6.68. The Labute approximate surface area is 177 Å². The van der Waals surface area contributed by atoms with Crippen molar-refractivity contribution in [3.8, 4) is 17.2 Å². The van der Waals surface area contributed by atoms with Gasteiger partial charge < -0.3 is 20.1 Å². The van der Waals surface area contributed by atoms with Crippen LogP contribution in [0.15, 0.2) is 60.7 Å². The van der Waals surface area contributed by atoms with Gasteiger partial charge in [-0.15, -0.1) is 0 Å². The van der Waals surface area contributed by atoms with Crippen molar-refractivity contribution < 1.29 is 23.5 Å². The summed E-state index contributed by atoms with van der Waals surface area (Å²) in [5.74, 6) is -0.300. The highest BCUT2D eigenvalue weighted by atomic mass is 35.5. The molecule has 6 nitrogen and oxygen atoms in total. The van der Waals surface area contributed by atoms with Crippen LogP contribution in [0.5, 0.6) is 17.2 Å². The van der Waals surface area contributed by atoms with E-state index >= 15 is 0 Å². The van der Waals surface area contributed by atoms with E-state index in [1.165, 1.54) is 25.1 Å². The maximum Gasteiger partial charge on any atom is 0.258 e. The molecule has 0 aliphatic rings. The van der Waals surface area contributed by atoms with Crippen molar-refractivity contribution in [3.63, 3.8) is 0 Å². The lowest BCUT2D eigenvalue weighted by atomic mass is 10.1. The van der Waals surface area contributed by atoms with E-state index in [2.05, 4.69) is 10.6 Å². The van der Waals surface area contributed by atoms with Crippen LogP contribution in [0.1, 0.15) is 17.3 Å². The highest BCUT2D eigenvalue weighted by molar-refractivity contribution is 6.31. The zero-order valence-corrected chi connectivity index (χ0v) is 16.9. The Kier molecular flexibility index (Phi) is 6.54. The van der Waals surface area contributed by atoms with Gasteiger partial charge in [0.1, 0.15) is 17.3 Å². The average molecular weight is 429 g/mol. The molecule has 0 atom stereocenters. The van der Waals surface area contributed by atoms with Gasteiger partial charge in [0.05, 0.1) is 18.4 Å². The standard InChI is InChI=1S/C22H18ClFN2O4/c1-13(27)25-15-4-9-19(24)18(12-15)22(28)26-20-11-14(23)3-10-21(20)30-17-7-5-16(29-2)6-8-17/h3-12H,1-2H3,(H,25,27)(H,26,28). The van der Waals surface area contributed by atoms with Crippen LogP contribution in [0.25, 0.3) is 0 Å². The fraction of sp³-hybridized carbons (Fsp3) is 0.0909. The van der Waals surface area contributed by atoms with E-state index in [-0.39, 0.29) is 17.2 Å². The Morgan fingerprint density at radius 2 is 1.63 bits per heavy atom. The number of halogens is 2. The van der Waals surface area contributed by atoms with Crippen LogP contribution in [0, 0.1) is 5.82 Å². The Morgan fingerprint density at radius 1 is 0.933 bits per heavy atom. The fourth-order valence-electron chi connectivity index (χ4n) is 2.63. The first-order valence-electron chi connectivity index (χ1n) is 8.85. The number of hydrogen-bond donors (Lipinski definition) is 2. The summed E-state index contributed by atoms with van der Waals surface area (Å²) in [7, 11) is 1.56. The third-order valence-electron chi connectivity index (χ3n) is 4.01. The molecule has 30 heavy (non-hydrogen) atoms. The summed E-state index contributed by atoms with van der Waals surface area (Å²) < 4.78 is 25.2. The largest absolute Gasteiger partial charge is 0.497 e. The van der Waals surface area contributed by atoms with Gasteiger partial charge in [0.25, 0.3) is 5.91 Å². The van der Waals surface area contributed by atoms with Crippen LogP contribution in [0.3, 0.4) is 0 Å². The highest BCUT2D eigenvalue weighted by Gasteiger charge is 2.16. The smallest absolute Gasteiger partial charge is 0.258 e. The molecule has 154 valence electrons. The van der Waals surface area contributed by atoms with E-state index < -0.39 is 11.7 Å². The molecule has 3 aromatic carbocycles. The zero-order chi connectivity index (χ0) is 21.7. The number of rotatable bonds is 6. The monoisotopic (exact) mass is 428 g/mol. The number of benzene rings is 3. The molecule has 0 heterocycles. The second kappa shape index (κ2) is 9.28. The number of carbonyl (C=O) groups is 2. The van der Waals surface area contributed by atoms with Crippen LogP contribution in [0.2, 0.25) is 5.02 Å². The minimum absolute atomic E-state index is 0.239. The van der Waals surface area contributed by atoms with Gasteiger partial charge in [-0.05, 0) is 60.7 Å².